The summed E-state index contributed by atoms with van der Waals surface area (Å²) in [5.41, 5.74) is 3.59. The van der Waals surface area contributed by atoms with Gasteiger partial charge in [-0.15, -0.1) is 0 Å². The summed E-state index contributed by atoms with van der Waals surface area (Å²) in [5, 5.41) is 3.60. The number of fused-ring (bicyclic) bond motifs is 1. The van der Waals surface area contributed by atoms with Gasteiger partial charge in [0.2, 0.25) is 5.91 Å². The highest BCUT2D eigenvalue weighted by atomic mass is 16.2. The molecule has 1 aliphatic carbocycles. The van der Waals surface area contributed by atoms with Gasteiger partial charge in [0.1, 0.15) is 12.1 Å². The second-order valence-electron chi connectivity index (χ2n) is 6.55. The molecule has 0 bridgehead atoms. The van der Waals surface area contributed by atoms with Crippen LogP contribution in [0, 0.1) is 0 Å². The first kappa shape index (κ1) is 15.1. The third kappa shape index (κ3) is 2.98. The number of aryl methyl sites for hydroxylation is 1. The minimum absolute atomic E-state index is 0.0489. The summed E-state index contributed by atoms with van der Waals surface area (Å²) in [5.74, 6) is 1.18. The van der Waals surface area contributed by atoms with E-state index in [1.54, 1.807) is 6.33 Å². The average molecular weight is 322 g/mol. The van der Waals surface area contributed by atoms with E-state index in [1.165, 1.54) is 11.1 Å². The quantitative estimate of drug-likeness (QED) is 0.919. The number of benzene rings is 1. The van der Waals surface area contributed by atoms with Gasteiger partial charge in [-0.2, -0.15) is 0 Å². The molecule has 1 atom stereocenters. The number of anilines is 1. The molecule has 1 amide bonds. The van der Waals surface area contributed by atoms with Crippen molar-refractivity contribution in [2.24, 2.45) is 0 Å². The molecule has 0 saturated carbocycles. The van der Waals surface area contributed by atoms with Gasteiger partial charge in [0.05, 0.1) is 6.04 Å². The van der Waals surface area contributed by atoms with Crippen molar-refractivity contribution in [1.82, 2.24) is 14.9 Å². The first-order valence-corrected chi connectivity index (χ1v) is 8.73. The highest BCUT2D eigenvalue weighted by Gasteiger charge is 2.26. The molecule has 1 fully saturated rings. The number of likely N-dealkylation sites (tertiary alicyclic amines) is 1. The molecule has 124 valence electrons. The van der Waals surface area contributed by atoms with Crippen molar-refractivity contribution in [2.45, 2.75) is 38.1 Å². The summed E-state index contributed by atoms with van der Waals surface area (Å²) < 4.78 is 0. The van der Waals surface area contributed by atoms with Crippen molar-refractivity contribution in [3.63, 3.8) is 0 Å². The molecule has 1 aromatic heterocycles. The molecule has 5 heteroatoms. The number of aromatic nitrogens is 2. The molecule has 0 radical (unpaired) electrons. The second-order valence-corrected chi connectivity index (χ2v) is 6.55. The van der Waals surface area contributed by atoms with Gasteiger partial charge in [0.15, 0.2) is 0 Å². The fraction of sp³-hybridized carbons (Fsp3) is 0.421. The average Bonchev–Trinajstić information content (AvgIpc) is 3.25. The normalized spacial score (nSPS) is 17.8. The SMILES string of the molecule is O=C1CCCN1CC(Nc1ncnc2c1CCC2)c1ccccc1. The number of carbonyl (C=O) groups excluding carboxylic acids is 1. The Hall–Kier alpha value is -2.43. The summed E-state index contributed by atoms with van der Waals surface area (Å²) in [6.45, 7) is 1.54. The van der Waals surface area contributed by atoms with E-state index in [1.807, 2.05) is 23.1 Å². The molecule has 2 aliphatic rings. The lowest BCUT2D eigenvalue weighted by Gasteiger charge is -2.26. The van der Waals surface area contributed by atoms with Crippen LogP contribution in [0.2, 0.25) is 0 Å². The number of carbonyl (C=O) groups is 1. The Kier molecular flexibility index (Phi) is 4.15. The summed E-state index contributed by atoms with van der Waals surface area (Å²) in [4.78, 5) is 22.9. The van der Waals surface area contributed by atoms with E-state index >= 15 is 0 Å². The topological polar surface area (TPSA) is 58.1 Å². The molecular formula is C19H22N4O. The fourth-order valence-electron chi connectivity index (χ4n) is 3.69. The predicted octanol–water partition coefficient (Wildman–Crippen LogP) is 2.74. The van der Waals surface area contributed by atoms with E-state index in [2.05, 4.69) is 27.4 Å². The van der Waals surface area contributed by atoms with Crippen LogP contribution in [0.25, 0.3) is 0 Å². The predicted molar refractivity (Wildman–Crippen MR) is 92.7 cm³/mol. The number of hydrogen-bond donors (Lipinski definition) is 1. The highest BCUT2D eigenvalue weighted by Crippen LogP contribution is 2.29. The Morgan fingerprint density at radius 1 is 1.08 bits per heavy atom. The first-order chi connectivity index (χ1) is 11.8. The minimum atomic E-state index is 0.0489. The molecule has 4 rings (SSSR count). The van der Waals surface area contributed by atoms with Gasteiger partial charge in [0.25, 0.3) is 0 Å². The number of rotatable bonds is 5. The molecule has 1 aromatic carbocycles. The third-order valence-electron chi connectivity index (χ3n) is 4.96. The van der Waals surface area contributed by atoms with Gasteiger partial charge in [-0.25, -0.2) is 9.97 Å². The molecule has 5 nitrogen and oxygen atoms in total. The van der Waals surface area contributed by atoms with Crippen molar-refractivity contribution in [1.29, 1.82) is 0 Å². The third-order valence-corrected chi connectivity index (χ3v) is 4.96. The van der Waals surface area contributed by atoms with Crippen LogP contribution in [0.4, 0.5) is 5.82 Å². The van der Waals surface area contributed by atoms with Crippen LogP contribution >= 0.6 is 0 Å². The molecular weight excluding hydrogens is 300 g/mol. The van der Waals surface area contributed by atoms with Gasteiger partial charge in [-0.05, 0) is 31.2 Å². The lowest BCUT2D eigenvalue weighted by molar-refractivity contribution is -0.127. The number of hydrogen-bond acceptors (Lipinski definition) is 4. The van der Waals surface area contributed by atoms with Crippen LogP contribution in [0.1, 0.15) is 42.1 Å². The maximum atomic E-state index is 12.1. The second kappa shape index (κ2) is 6.59. The maximum absolute atomic E-state index is 12.1. The number of nitrogens with zero attached hydrogens (tertiary/aromatic N) is 3. The van der Waals surface area contributed by atoms with Gasteiger partial charge in [0, 0.05) is 30.8 Å². The summed E-state index contributed by atoms with van der Waals surface area (Å²) >= 11 is 0. The molecule has 1 N–H and O–H groups in total. The molecule has 2 aromatic rings. The molecule has 0 spiro atoms. The monoisotopic (exact) mass is 322 g/mol. The fourth-order valence-corrected chi connectivity index (χ4v) is 3.69. The van der Waals surface area contributed by atoms with Crippen LogP contribution in [-0.2, 0) is 17.6 Å². The first-order valence-electron chi connectivity index (χ1n) is 8.73. The van der Waals surface area contributed by atoms with Crippen molar-refractivity contribution < 1.29 is 4.79 Å². The van der Waals surface area contributed by atoms with Crippen molar-refractivity contribution in [3.05, 3.63) is 53.5 Å². The zero-order valence-corrected chi connectivity index (χ0v) is 13.7. The largest absolute Gasteiger partial charge is 0.361 e. The van der Waals surface area contributed by atoms with Crippen LogP contribution in [0.3, 0.4) is 0 Å². The van der Waals surface area contributed by atoms with Crippen LogP contribution in [0.15, 0.2) is 36.7 Å². The highest BCUT2D eigenvalue weighted by molar-refractivity contribution is 5.78. The smallest absolute Gasteiger partial charge is 0.222 e. The van der Waals surface area contributed by atoms with Crippen molar-refractivity contribution >= 4 is 11.7 Å². The Labute approximate surface area is 142 Å². The molecule has 2 heterocycles. The van der Waals surface area contributed by atoms with E-state index in [0.29, 0.717) is 13.0 Å². The van der Waals surface area contributed by atoms with Gasteiger partial charge >= 0.3 is 0 Å². The van der Waals surface area contributed by atoms with Crippen LogP contribution < -0.4 is 5.32 Å². The van der Waals surface area contributed by atoms with E-state index in [0.717, 1.165) is 43.7 Å². The zero-order chi connectivity index (χ0) is 16.4. The summed E-state index contributed by atoms with van der Waals surface area (Å²) in [6.07, 6.45) is 6.49. The Morgan fingerprint density at radius 2 is 1.96 bits per heavy atom. The molecule has 24 heavy (non-hydrogen) atoms. The van der Waals surface area contributed by atoms with Crippen molar-refractivity contribution in [3.8, 4) is 0 Å². The van der Waals surface area contributed by atoms with E-state index < -0.39 is 0 Å². The van der Waals surface area contributed by atoms with E-state index in [4.69, 9.17) is 0 Å². The number of amides is 1. The van der Waals surface area contributed by atoms with Gasteiger partial charge in [-0.3, -0.25) is 4.79 Å². The minimum Gasteiger partial charge on any atom is -0.361 e. The molecule has 1 saturated heterocycles. The van der Waals surface area contributed by atoms with Crippen molar-refractivity contribution in [2.75, 3.05) is 18.4 Å². The maximum Gasteiger partial charge on any atom is 0.222 e. The molecule has 1 aliphatic heterocycles. The van der Waals surface area contributed by atoms with Gasteiger partial charge < -0.3 is 10.2 Å². The lowest BCUT2D eigenvalue weighted by Crippen LogP contribution is -2.33. The Bertz CT molecular complexity index is 731. The lowest BCUT2D eigenvalue weighted by atomic mass is 10.1. The number of nitrogens with one attached hydrogen (secondary N) is 1. The standard InChI is InChI=1S/C19H22N4O/c24-18-10-5-11-23(18)12-17(14-6-2-1-3-7-14)22-19-15-8-4-9-16(15)20-13-21-19/h1-3,6-7,13,17H,4-5,8-12H2,(H,20,21,22). The van der Waals surface area contributed by atoms with Crippen LogP contribution in [-0.4, -0.2) is 33.9 Å². The zero-order valence-electron chi connectivity index (χ0n) is 13.7. The summed E-state index contributed by atoms with van der Waals surface area (Å²) in [7, 11) is 0. The Morgan fingerprint density at radius 3 is 2.75 bits per heavy atom. The summed E-state index contributed by atoms with van der Waals surface area (Å²) in [6, 6.07) is 10.4. The van der Waals surface area contributed by atoms with E-state index in [9.17, 15) is 4.79 Å². The molecule has 1 unspecified atom stereocenters. The van der Waals surface area contributed by atoms with Crippen LogP contribution in [0.5, 0.6) is 0 Å². The van der Waals surface area contributed by atoms with E-state index in [-0.39, 0.29) is 11.9 Å². The Balaban J connectivity index is 1.61. The van der Waals surface area contributed by atoms with Gasteiger partial charge in [-0.1, -0.05) is 30.3 Å².